The molecule has 0 heterocycles. The van der Waals surface area contributed by atoms with E-state index in [0.29, 0.717) is 5.69 Å². The lowest BCUT2D eigenvalue weighted by Gasteiger charge is -2.18. The van der Waals surface area contributed by atoms with Gasteiger partial charge in [-0.2, -0.15) is 0 Å². The zero-order chi connectivity index (χ0) is 18.9. The van der Waals surface area contributed by atoms with Crippen LogP contribution < -0.4 is 10.0 Å². The predicted octanol–water partition coefficient (Wildman–Crippen LogP) is 3.18. The number of amides is 1. The third kappa shape index (κ3) is 3.58. The molecule has 0 aliphatic heterocycles. The summed E-state index contributed by atoms with van der Waals surface area (Å²) in [6.45, 7) is 3.82. The zero-order valence-corrected chi connectivity index (χ0v) is 15.4. The second-order valence-electron chi connectivity index (χ2n) is 6.82. The first-order valence-electron chi connectivity index (χ1n) is 8.43. The van der Waals surface area contributed by atoms with Crippen LogP contribution in [-0.2, 0) is 20.2 Å². The molecule has 1 fully saturated rings. The molecule has 0 atom stereocenters. The maximum Gasteiger partial charge on any atom is 0.264 e. The minimum atomic E-state index is -4.01. The Bertz CT molecular complexity index is 920. The molecule has 7 heteroatoms. The molecule has 0 unspecified atom stereocenters. The fourth-order valence-electron chi connectivity index (χ4n) is 2.90. The molecule has 1 saturated carbocycles. The van der Waals surface area contributed by atoms with E-state index >= 15 is 0 Å². The summed E-state index contributed by atoms with van der Waals surface area (Å²) in [6, 6.07) is 11.9. The van der Waals surface area contributed by atoms with Crippen molar-refractivity contribution < 1.29 is 17.6 Å². The lowest BCUT2D eigenvalue weighted by Crippen LogP contribution is -2.38. The van der Waals surface area contributed by atoms with Crippen LogP contribution >= 0.6 is 0 Å². The molecular formula is C19H21FN2O3S. The normalized spacial score (nSPS) is 15.5. The van der Waals surface area contributed by atoms with Crippen molar-refractivity contribution in [2.24, 2.45) is 0 Å². The van der Waals surface area contributed by atoms with Crippen molar-refractivity contribution in [1.82, 2.24) is 5.32 Å². The van der Waals surface area contributed by atoms with Gasteiger partial charge >= 0.3 is 0 Å². The van der Waals surface area contributed by atoms with E-state index in [1.807, 2.05) is 13.8 Å². The van der Waals surface area contributed by atoms with Crippen molar-refractivity contribution in [1.29, 1.82) is 0 Å². The molecule has 3 rings (SSSR count). The molecule has 1 aliphatic carbocycles. The second kappa shape index (κ2) is 6.72. The van der Waals surface area contributed by atoms with Crippen molar-refractivity contribution in [2.75, 3.05) is 4.72 Å². The van der Waals surface area contributed by atoms with Crippen LogP contribution in [0.4, 0.5) is 10.1 Å². The summed E-state index contributed by atoms with van der Waals surface area (Å²) in [5.41, 5.74) is 0.647. The van der Waals surface area contributed by atoms with Gasteiger partial charge < -0.3 is 5.32 Å². The van der Waals surface area contributed by atoms with E-state index in [2.05, 4.69) is 10.0 Å². The maximum atomic E-state index is 13.7. The topological polar surface area (TPSA) is 75.3 Å². The standard InChI is InChI=1S/C19H21FN2O3S/c1-13(2)21-18(23)19(11-12-19)14-7-9-15(10-8-14)22-26(24,25)17-6-4-3-5-16(17)20/h3-10,13,22H,11-12H2,1-2H3,(H,21,23). The lowest BCUT2D eigenvalue weighted by molar-refractivity contribution is -0.124. The van der Waals surface area contributed by atoms with E-state index in [4.69, 9.17) is 0 Å². The van der Waals surface area contributed by atoms with Crippen molar-refractivity contribution in [3.63, 3.8) is 0 Å². The van der Waals surface area contributed by atoms with Crippen LogP contribution in [-0.4, -0.2) is 20.4 Å². The molecule has 2 aromatic carbocycles. The van der Waals surface area contributed by atoms with Crippen molar-refractivity contribution >= 4 is 21.6 Å². The summed E-state index contributed by atoms with van der Waals surface area (Å²) in [5.74, 6) is -0.814. The van der Waals surface area contributed by atoms with Gasteiger partial charge in [0.25, 0.3) is 10.0 Å². The Morgan fingerprint density at radius 3 is 2.23 bits per heavy atom. The number of carbonyl (C=O) groups excluding carboxylic acids is 1. The van der Waals surface area contributed by atoms with Gasteiger partial charge in [0, 0.05) is 11.7 Å². The summed E-state index contributed by atoms with van der Waals surface area (Å²) in [5, 5.41) is 2.93. The Balaban J connectivity index is 1.79. The van der Waals surface area contributed by atoms with Crippen molar-refractivity contribution in [2.45, 2.75) is 43.0 Å². The van der Waals surface area contributed by atoms with Crippen molar-refractivity contribution in [3.8, 4) is 0 Å². The number of hydrogen-bond donors (Lipinski definition) is 2. The molecule has 0 saturated heterocycles. The van der Waals surface area contributed by atoms with E-state index in [-0.39, 0.29) is 11.9 Å². The molecule has 26 heavy (non-hydrogen) atoms. The SMILES string of the molecule is CC(C)NC(=O)C1(c2ccc(NS(=O)(=O)c3ccccc3F)cc2)CC1. The van der Waals surface area contributed by atoms with Crippen LogP contribution in [0.15, 0.2) is 53.4 Å². The fourth-order valence-corrected chi connectivity index (χ4v) is 4.04. The average Bonchev–Trinajstić information content (AvgIpc) is 3.36. The second-order valence-corrected chi connectivity index (χ2v) is 8.47. The zero-order valence-electron chi connectivity index (χ0n) is 14.6. The summed E-state index contributed by atoms with van der Waals surface area (Å²) >= 11 is 0. The quantitative estimate of drug-likeness (QED) is 0.813. The van der Waals surface area contributed by atoms with Gasteiger partial charge in [0.2, 0.25) is 5.91 Å². The van der Waals surface area contributed by atoms with Gasteiger partial charge in [0.1, 0.15) is 10.7 Å². The van der Waals surface area contributed by atoms with Gasteiger partial charge in [-0.05, 0) is 56.5 Å². The molecule has 0 aromatic heterocycles. The Morgan fingerprint density at radius 1 is 1.08 bits per heavy atom. The first-order valence-corrected chi connectivity index (χ1v) is 9.92. The summed E-state index contributed by atoms with van der Waals surface area (Å²) < 4.78 is 40.8. The minimum Gasteiger partial charge on any atom is -0.353 e. The molecule has 1 aliphatic rings. The number of halogens is 1. The number of benzene rings is 2. The number of anilines is 1. The number of sulfonamides is 1. The summed E-state index contributed by atoms with van der Waals surface area (Å²) in [4.78, 5) is 12.0. The molecule has 0 radical (unpaired) electrons. The minimum absolute atomic E-state index is 0.00723. The smallest absolute Gasteiger partial charge is 0.264 e. The third-order valence-electron chi connectivity index (χ3n) is 4.42. The van der Waals surface area contributed by atoms with Gasteiger partial charge in [0.15, 0.2) is 0 Å². The first kappa shape index (κ1) is 18.4. The fraction of sp³-hybridized carbons (Fsp3) is 0.316. The maximum absolute atomic E-state index is 13.7. The van der Waals surface area contributed by atoms with Crippen LogP contribution in [0.3, 0.4) is 0 Å². The largest absolute Gasteiger partial charge is 0.353 e. The van der Waals surface area contributed by atoms with Crippen LogP contribution in [0.2, 0.25) is 0 Å². The van der Waals surface area contributed by atoms with Gasteiger partial charge in [-0.15, -0.1) is 0 Å². The van der Waals surface area contributed by atoms with E-state index in [0.717, 1.165) is 24.5 Å². The van der Waals surface area contributed by atoms with E-state index < -0.39 is 26.2 Å². The predicted molar refractivity (Wildman–Crippen MR) is 97.8 cm³/mol. The number of rotatable bonds is 6. The molecule has 0 bridgehead atoms. The van der Waals surface area contributed by atoms with Gasteiger partial charge in [0.05, 0.1) is 5.41 Å². The molecule has 2 aromatic rings. The highest BCUT2D eigenvalue weighted by Crippen LogP contribution is 2.48. The Labute approximate surface area is 152 Å². The number of carbonyl (C=O) groups is 1. The van der Waals surface area contributed by atoms with Gasteiger partial charge in [-0.25, -0.2) is 12.8 Å². The summed E-state index contributed by atoms with van der Waals surface area (Å²) in [6.07, 6.45) is 1.54. The highest BCUT2D eigenvalue weighted by atomic mass is 32.2. The Morgan fingerprint density at radius 2 is 1.69 bits per heavy atom. The number of hydrogen-bond acceptors (Lipinski definition) is 3. The Kier molecular flexibility index (Phi) is 4.75. The van der Waals surface area contributed by atoms with Gasteiger partial charge in [-0.1, -0.05) is 24.3 Å². The third-order valence-corrected chi connectivity index (χ3v) is 5.83. The van der Waals surface area contributed by atoms with E-state index in [1.54, 1.807) is 24.3 Å². The van der Waals surface area contributed by atoms with Crippen LogP contribution in [0.5, 0.6) is 0 Å². The molecule has 1 amide bonds. The Hall–Kier alpha value is -2.41. The highest BCUT2D eigenvalue weighted by Gasteiger charge is 2.51. The van der Waals surface area contributed by atoms with E-state index in [9.17, 15) is 17.6 Å². The van der Waals surface area contributed by atoms with Crippen LogP contribution in [0.25, 0.3) is 0 Å². The molecule has 5 nitrogen and oxygen atoms in total. The summed E-state index contributed by atoms with van der Waals surface area (Å²) in [7, 11) is -4.01. The number of nitrogens with one attached hydrogen (secondary N) is 2. The van der Waals surface area contributed by atoms with Crippen LogP contribution in [0.1, 0.15) is 32.3 Å². The monoisotopic (exact) mass is 376 g/mol. The van der Waals surface area contributed by atoms with Crippen molar-refractivity contribution in [3.05, 3.63) is 59.9 Å². The highest BCUT2D eigenvalue weighted by molar-refractivity contribution is 7.92. The van der Waals surface area contributed by atoms with Gasteiger partial charge in [-0.3, -0.25) is 9.52 Å². The van der Waals surface area contributed by atoms with Crippen LogP contribution in [0, 0.1) is 5.82 Å². The van der Waals surface area contributed by atoms with E-state index in [1.165, 1.54) is 18.2 Å². The lowest BCUT2D eigenvalue weighted by atomic mass is 9.94. The molecule has 0 spiro atoms. The average molecular weight is 376 g/mol. The molecular weight excluding hydrogens is 355 g/mol. The molecule has 138 valence electrons. The molecule has 2 N–H and O–H groups in total. The first-order chi connectivity index (χ1) is 12.2.